The van der Waals surface area contributed by atoms with Crippen molar-refractivity contribution in [1.29, 1.82) is 0 Å². The Hall–Kier alpha value is -0.680. The fraction of sp³-hybridized carbons (Fsp3) is 0. The molecule has 0 spiro atoms. The molecule has 0 aromatic carbocycles. The van der Waals surface area contributed by atoms with Gasteiger partial charge in [-0.3, -0.25) is 0 Å². The molecular formula is C6H3BrN2OS. The van der Waals surface area contributed by atoms with Crippen LogP contribution in [0.2, 0.25) is 0 Å². The highest BCUT2D eigenvalue weighted by molar-refractivity contribution is 9.11. The summed E-state index contributed by atoms with van der Waals surface area (Å²) >= 11 is 4.71. The minimum absolute atomic E-state index is 0.786. The average molecular weight is 231 g/mol. The van der Waals surface area contributed by atoms with Gasteiger partial charge in [-0.05, 0) is 22.0 Å². The Labute approximate surface area is 75.2 Å². The van der Waals surface area contributed by atoms with E-state index in [0.29, 0.717) is 0 Å². The smallest absolute Gasteiger partial charge is 0.183 e. The van der Waals surface area contributed by atoms with Gasteiger partial charge in [0.15, 0.2) is 8.92 Å². The highest BCUT2D eigenvalue weighted by Gasteiger charge is 2.04. The quantitative estimate of drug-likeness (QED) is 0.756. The van der Waals surface area contributed by atoms with Crippen LogP contribution in [0.15, 0.2) is 26.9 Å². The summed E-state index contributed by atoms with van der Waals surface area (Å²) in [6, 6.07) is 1.85. The summed E-state index contributed by atoms with van der Waals surface area (Å²) in [6.07, 6.45) is 3.26. The molecule has 0 fully saturated rings. The number of hydrogen-bond acceptors (Lipinski definition) is 4. The molecule has 0 N–H and O–H groups in total. The van der Waals surface area contributed by atoms with Crippen LogP contribution >= 0.6 is 27.3 Å². The molecule has 2 aromatic rings. The van der Waals surface area contributed by atoms with Crippen molar-refractivity contribution in [1.82, 2.24) is 10.2 Å². The van der Waals surface area contributed by atoms with Crippen LogP contribution in [0.5, 0.6) is 0 Å². The Morgan fingerprint density at radius 1 is 1.45 bits per heavy atom. The van der Waals surface area contributed by atoms with Gasteiger partial charge in [0.25, 0.3) is 0 Å². The Kier molecular flexibility index (Phi) is 1.75. The lowest BCUT2D eigenvalue weighted by Gasteiger charge is -1.80. The molecule has 0 saturated heterocycles. The van der Waals surface area contributed by atoms with Crippen LogP contribution in [-0.2, 0) is 0 Å². The third-order valence-corrected chi connectivity index (χ3v) is 2.57. The maximum atomic E-state index is 4.90. The minimum Gasteiger partial charge on any atom is -0.472 e. The van der Waals surface area contributed by atoms with Crippen molar-refractivity contribution in [2.75, 3.05) is 0 Å². The zero-order chi connectivity index (χ0) is 7.68. The van der Waals surface area contributed by atoms with E-state index >= 15 is 0 Å². The van der Waals surface area contributed by atoms with Crippen LogP contribution in [0.3, 0.4) is 0 Å². The van der Waals surface area contributed by atoms with E-state index in [1.54, 1.807) is 12.5 Å². The number of aromatic nitrogens is 2. The van der Waals surface area contributed by atoms with Crippen molar-refractivity contribution in [3.63, 3.8) is 0 Å². The first-order valence-electron chi connectivity index (χ1n) is 2.88. The summed E-state index contributed by atoms with van der Waals surface area (Å²) in [6.45, 7) is 0. The summed E-state index contributed by atoms with van der Waals surface area (Å²) in [7, 11) is 0. The molecule has 0 radical (unpaired) electrons. The van der Waals surface area contributed by atoms with Crippen molar-refractivity contribution in [3.05, 3.63) is 22.5 Å². The third kappa shape index (κ3) is 1.34. The fourth-order valence-electron chi connectivity index (χ4n) is 0.708. The monoisotopic (exact) mass is 230 g/mol. The number of nitrogens with zero attached hydrogens (tertiary/aromatic N) is 2. The first-order chi connectivity index (χ1) is 5.36. The van der Waals surface area contributed by atoms with Crippen molar-refractivity contribution < 1.29 is 4.42 Å². The van der Waals surface area contributed by atoms with Gasteiger partial charge in [-0.25, -0.2) is 0 Å². The van der Waals surface area contributed by atoms with E-state index < -0.39 is 0 Å². The zero-order valence-corrected chi connectivity index (χ0v) is 7.72. The van der Waals surface area contributed by atoms with Crippen molar-refractivity contribution in [2.45, 2.75) is 0 Å². The maximum Gasteiger partial charge on any atom is 0.183 e. The van der Waals surface area contributed by atoms with Crippen LogP contribution in [0.25, 0.3) is 10.6 Å². The SMILES string of the molecule is Brc1nnc(-c2ccoc2)s1. The topological polar surface area (TPSA) is 38.9 Å². The largest absolute Gasteiger partial charge is 0.472 e. The Bertz CT molecular complexity index is 343. The molecule has 0 aliphatic rings. The third-order valence-electron chi connectivity index (χ3n) is 1.17. The number of halogens is 1. The molecular weight excluding hydrogens is 228 g/mol. The van der Waals surface area contributed by atoms with Crippen molar-refractivity contribution >= 4 is 27.3 Å². The molecule has 0 saturated carbocycles. The van der Waals surface area contributed by atoms with E-state index in [2.05, 4.69) is 26.1 Å². The predicted molar refractivity (Wildman–Crippen MR) is 45.3 cm³/mol. The van der Waals surface area contributed by atoms with Crippen LogP contribution in [-0.4, -0.2) is 10.2 Å². The first-order valence-corrected chi connectivity index (χ1v) is 4.49. The Morgan fingerprint density at radius 2 is 2.36 bits per heavy atom. The van der Waals surface area contributed by atoms with E-state index in [1.807, 2.05) is 6.07 Å². The molecule has 0 aliphatic heterocycles. The second-order valence-electron chi connectivity index (χ2n) is 1.87. The summed E-state index contributed by atoms with van der Waals surface area (Å²) in [5, 5.41) is 8.60. The summed E-state index contributed by atoms with van der Waals surface area (Å²) in [5.74, 6) is 0. The van der Waals surface area contributed by atoms with Gasteiger partial charge in [-0.2, -0.15) is 0 Å². The van der Waals surface area contributed by atoms with Gasteiger partial charge in [0, 0.05) is 0 Å². The van der Waals surface area contributed by atoms with Crippen LogP contribution in [0.1, 0.15) is 0 Å². The van der Waals surface area contributed by atoms with Crippen molar-refractivity contribution in [2.24, 2.45) is 0 Å². The van der Waals surface area contributed by atoms with Gasteiger partial charge < -0.3 is 4.42 Å². The second-order valence-corrected chi connectivity index (χ2v) is 4.13. The zero-order valence-electron chi connectivity index (χ0n) is 5.32. The highest BCUT2D eigenvalue weighted by atomic mass is 79.9. The first kappa shape index (κ1) is 7.00. The molecule has 56 valence electrons. The number of furan rings is 1. The van der Waals surface area contributed by atoms with Crippen LogP contribution < -0.4 is 0 Å². The number of rotatable bonds is 1. The van der Waals surface area contributed by atoms with E-state index in [1.165, 1.54) is 11.3 Å². The Balaban J connectivity index is 2.45. The molecule has 0 atom stereocenters. The molecule has 0 unspecified atom stereocenters. The Morgan fingerprint density at radius 3 is 2.91 bits per heavy atom. The van der Waals surface area contributed by atoms with Gasteiger partial charge in [0.1, 0.15) is 6.26 Å². The number of hydrogen-bond donors (Lipinski definition) is 0. The van der Waals surface area contributed by atoms with Gasteiger partial charge >= 0.3 is 0 Å². The van der Waals surface area contributed by atoms with Crippen LogP contribution in [0.4, 0.5) is 0 Å². The fourth-order valence-corrected chi connectivity index (χ4v) is 1.80. The van der Waals surface area contributed by atoms with E-state index in [9.17, 15) is 0 Å². The normalized spacial score (nSPS) is 10.3. The molecule has 2 aromatic heterocycles. The average Bonchev–Trinajstić information content (AvgIpc) is 2.55. The van der Waals surface area contributed by atoms with E-state index in [-0.39, 0.29) is 0 Å². The van der Waals surface area contributed by atoms with Crippen LogP contribution in [0, 0.1) is 0 Å². The lowest BCUT2D eigenvalue weighted by Crippen LogP contribution is -1.70. The second kappa shape index (κ2) is 2.75. The highest BCUT2D eigenvalue weighted by Crippen LogP contribution is 2.26. The predicted octanol–water partition coefficient (Wildman–Crippen LogP) is 2.56. The molecule has 0 amide bonds. The van der Waals surface area contributed by atoms with Gasteiger partial charge in [0.2, 0.25) is 0 Å². The molecule has 0 bridgehead atoms. The molecule has 5 heteroatoms. The molecule has 11 heavy (non-hydrogen) atoms. The molecule has 2 rings (SSSR count). The molecule has 0 aliphatic carbocycles. The maximum absolute atomic E-state index is 4.90. The summed E-state index contributed by atoms with van der Waals surface area (Å²) in [4.78, 5) is 0. The summed E-state index contributed by atoms with van der Waals surface area (Å²) in [5.41, 5.74) is 0.966. The van der Waals surface area contributed by atoms with E-state index in [4.69, 9.17) is 4.42 Å². The summed E-state index contributed by atoms with van der Waals surface area (Å²) < 4.78 is 5.69. The lowest BCUT2D eigenvalue weighted by molar-refractivity contribution is 0.568. The van der Waals surface area contributed by atoms with E-state index in [0.717, 1.165) is 14.5 Å². The standard InChI is InChI=1S/C6H3BrN2OS/c7-6-9-8-5(11-6)4-1-2-10-3-4/h1-3H. The molecule has 2 heterocycles. The lowest BCUT2D eigenvalue weighted by atomic mass is 10.4. The van der Waals surface area contributed by atoms with Gasteiger partial charge in [-0.15, -0.1) is 10.2 Å². The minimum atomic E-state index is 0.786. The van der Waals surface area contributed by atoms with Gasteiger partial charge in [0.05, 0.1) is 11.8 Å². The van der Waals surface area contributed by atoms with Crippen molar-refractivity contribution in [3.8, 4) is 10.6 Å². The van der Waals surface area contributed by atoms with Gasteiger partial charge in [-0.1, -0.05) is 11.3 Å². The molecule has 3 nitrogen and oxygen atoms in total.